The monoisotopic (exact) mass is 298 g/mol. The highest BCUT2D eigenvalue weighted by atomic mass is 16.5. The van der Waals surface area contributed by atoms with E-state index in [9.17, 15) is 4.79 Å². The van der Waals surface area contributed by atoms with Gasteiger partial charge in [0.1, 0.15) is 0 Å². The van der Waals surface area contributed by atoms with Crippen LogP contribution in [-0.4, -0.2) is 50.7 Å². The van der Waals surface area contributed by atoms with Crippen LogP contribution in [0.15, 0.2) is 0 Å². The number of ether oxygens (including phenoxy) is 1. The SMILES string of the molecule is CCCC(CCC)C(=O)NCC1CCN(CCOC)CC1. The molecule has 0 spiro atoms. The summed E-state index contributed by atoms with van der Waals surface area (Å²) in [5, 5.41) is 3.20. The first-order valence-corrected chi connectivity index (χ1v) is 8.70. The minimum Gasteiger partial charge on any atom is -0.383 e. The fourth-order valence-corrected chi connectivity index (χ4v) is 3.13. The van der Waals surface area contributed by atoms with Crippen LogP contribution in [0.25, 0.3) is 0 Å². The van der Waals surface area contributed by atoms with Crippen molar-refractivity contribution in [2.75, 3.05) is 39.9 Å². The zero-order chi connectivity index (χ0) is 15.5. The summed E-state index contributed by atoms with van der Waals surface area (Å²) in [6.07, 6.45) is 6.61. The molecule has 1 N–H and O–H groups in total. The van der Waals surface area contributed by atoms with Gasteiger partial charge in [-0.15, -0.1) is 0 Å². The largest absolute Gasteiger partial charge is 0.383 e. The van der Waals surface area contributed by atoms with Gasteiger partial charge in [0, 0.05) is 26.1 Å². The first kappa shape index (κ1) is 18.4. The molecule has 0 aromatic carbocycles. The molecule has 1 aliphatic heterocycles. The first-order chi connectivity index (χ1) is 10.2. The second-order valence-corrected chi connectivity index (χ2v) is 6.30. The lowest BCUT2D eigenvalue weighted by Gasteiger charge is -2.32. The Morgan fingerprint density at radius 2 is 1.86 bits per heavy atom. The molecule has 124 valence electrons. The second-order valence-electron chi connectivity index (χ2n) is 6.30. The van der Waals surface area contributed by atoms with E-state index in [-0.39, 0.29) is 11.8 Å². The quantitative estimate of drug-likeness (QED) is 0.674. The van der Waals surface area contributed by atoms with Crippen molar-refractivity contribution in [1.29, 1.82) is 0 Å². The van der Waals surface area contributed by atoms with Crippen molar-refractivity contribution in [3.8, 4) is 0 Å². The van der Waals surface area contributed by atoms with Crippen molar-refractivity contribution in [3.63, 3.8) is 0 Å². The fraction of sp³-hybridized carbons (Fsp3) is 0.941. The molecular formula is C17H34N2O2. The van der Waals surface area contributed by atoms with Crippen molar-refractivity contribution in [3.05, 3.63) is 0 Å². The number of methoxy groups -OCH3 is 1. The number of hydrogen-bond donors (Lipinski definition) is 1. The van der Waals surface area contributed by atoms with Crippen LogP contribution in [0, 0.1) is 11.8 Å². The Hall–Kier alpha value is -0.610. The lowest BCUT2D eigenvalue weighted by Crippen LogP contribution is -2.41. The highest BCUT2D eigenvalue weighted by molar-refractivity contribution is 5.78. The number of piperidine rings is 1. The Morgan fingerprint density at radius 3 is 2.38 bits per heavy atom. The van der Waals surface area contributed by atoms with Crippen molar-refractivity contribution in [2.24, 2.45) is 11.8 Å². The summed E-state index contributed by atoms with van der Waals surface area (Å²) in [6.45, 7) is 9.30. The number of rotatable bonds is 10. The lowest BCUT2D eigenvalue weighted by atomic mass is 9.94. The van der Waals surface area contributed by atoms with Gasteiger partial charge in [0.15, 0.2) is 0 Å². The van der Waals surface area contributed by atoms with E-state index in [0.29, 0.717) is 5.92 Å². The zero-order valence-corrected chi connectivity index (χ0v) is 14.2. The van der Waals surface area contributed by atoms with Gasteiger partial charge in [-0.05, 0) is 44.7 Å². The van der Waals surface area contributed by atoms with Gasteiger partial charge < -0.3 is 15.0 Å². The molecule has 1 saturated heterocycles. The van der Waals surface area contributed by atoms with Crippen LogP contribution in [0.2, 0.25) is 0 Å². The second kappa shape index (κ2) is 11.0. The summed E-state index contributed by atoms with van der Waals surface area (Å²) in [5.74, 6) is 1.15. The summed E-state index contributed by atoms with van der Waals surface area (Å²) in [6, 6.07) is 0. The lowest BCUT2D eigenvalue weighted by molar-refractivity contribution is -0.125. The molecule has 1 aliphatic rings. The Bertz CT molecular complexity index is 270. The molecule has 0 aliphatic carbocycles. The standard InChI is InChI=1S/C17H34N2O2/c1-4-6-16(7-5-2)17(20)18-14-15-8-10-19(11-9-15)12-13-21-3/h15-16H,4-14H2,1-3H3,(H,18,20). The Labute approximate surface area is 130 Å². The van der Waals surface area contributed by atoms with E-state index in [2.05, 4.69) is 24.1 Å². The highest BCUT2D eigenvalue weighted by Crippen LogP contribution is 2.17. The van der Waals surface area contributed by atoms with Crippen molar-refractivity contribution < 1.29 is 9.53 Å². The first-order valence-electron chi connectivity index (χ1n) is 8.70. The maximum absolute atomic E-state index is 12.2. The van der Waals surface area contributed by atoms with Crippen LogP contribution in [0.5, 0.6) is 0 Å². The number of carbonyl (C=O) groups excluding carboxylic acids is 1. The molecule has 4 heteroatoms. The van der Waals surface area contributed by atoms with E-state index in [1.807, 2.05) is 0 Å². The predicted molar refractivity (Wildman–Crippen MR) is 87.4 cm³/mol. The van der Waals surface area contributed by atoms with E-state index >= 15 is 0 Å². The van der Waals surface area contributed by atoms with Crippen molar-refractivity contribution in [2.45, 2.75) is 52.4 Å². The average molecular weight is 298 g/mol. The van der Waals surface area contributed by atoms with Gasteiger partial charge in [-0.3, -0.25) is 4.79 Å². The maximum Gasteiger partial charge on any atom is 0.223 e. The highest BCUT2D eigenvalue weighted by Gasteiger charge is 2.21. The Balaban J connectivity index is 2.21. The number of nitrogens with one attached hydrogen (secondary N) is 1. The third-order valence-electron chi connectivity index (χ3n) is 4.53. The van der Waals surface area contributed by atoms with Gasteiger partial charge in [-0.2, -0.15) is 0 Å². The number of amides is 1. The summed E-state index contributed by atoms with van der Waals surface area (Å²) in [7, 11) is 1.76. The number of likely N-dealkylation sites (tertiary alicyclic amines) is 1. The van der Waals surface area contributed by atoms with Gasteiger partial charge >= 0.3 is 0 Å². The van der Waals surface area contributed by atoms with Crippen LogP contribution in [0.4, 0.5) is 0 Å². The average Bonchev–Trinajstić information content (AvgIpc) is 2.51. The van der Waals surface area contributed by atoms with Crippen LogP contribution in [0.1, 0.15) is 52.4 Å². The van der Waals surface area contributed by atoms with Crippen molar-refractivity contribution in [1.82, 2.24) is 10.2 Å². The van der Waals surface area contributed by atoms with Crippen LogP contribution >= 0.6 is 0 Å². The van der Waals surface area contributed by atoms with Gasteiger partial charge in [0.2, 0.25) is 5.91 Å². The molecule has 0 bridgehead atoms. The van der Waals surface area contributed by atoms with Crippen LogP contribution < -0.4 is 5.32 Å². The van der Waals surface area contributed by atoms with E-state index < -0.39 is 0 Å². The molecule has 0 saturated carbocycles. The van der Waals surface area contributed by atoms with Crippen LogP contribution in [-0.2, 0) is 9.53 Å². The molecular weight excluding hydrogens is 264 g/mol. The summed E-state index contributed by atoms with van der Waals surface area (Å²) in [4.78, 5) is 14.7. The minimum absolute atomic E-state index is 0.224. The molecule has 1 amide bonds. The van der Waals surface area contributed by atoms with E-state index in [4.69, 9.17) is 4.74 Å². The number of nitrogens with zero attached hydrogens (tertiary/aromatic N) is 1. The Morgan fingerprint density at radius 1 is 1.24 bits per heavy atom. The topological polar surface area (TPSA) is 41.6 Å². The van der Waals surface area contributed by atoms with Crippen LogP contribution in [0.3, 0.4) is 0 Å². The predicted octanol–water partition coefficient (Wildman–Crippen LogP) is 2.68. The van der Waals surface area contributed by atoms with Gasteiger partial charge in [0.05, 0.1) is 6.61 Å². The van der Waals surface area contributed by atoms with Gasteiger partial charge in [-0.25, -0.2) is 0 Å². The third-order valence-corrected chi connectivity index (χ3v) is 4.53. The third kappa shape index (κ3) is 7.28. The fourth-order valence-electron chi connectivity index (χ4n) is 3.13. The molecule has 4 nitrogen and oxygen atoms in total. The summed E-state index contributed by atoms with van der Waals surface area (Å²) >= 11 is 0. The molecule has 0 atom stereocenters. The molecule has 1 rings (SSSR count). The molecule has 1 heterocycles. The van der Waals surface area contributed by atoms with E-state index in [0.717, 1.165) is 58.5 Å². The normalized spacial score (nSPS) is 17.3. The van der Waals surface area contributed by atoms with E-state index in [1.165, 1.54) is 12.8 Å². The summed E-state index contributed by atoms with van der Waals surface area (Å²) < 4.78 is 5.12. The molecule has 0 aromatic rings. The Kier molecular flexibility index (Phi) is 9.68. The van der Waals surface area contributed by atoms with Gasteiger partial charge in [0.25, 0.3) is 0 Å². The molecule has 21 heavy (non-hydrogen) atoms. The summed E-state index contributed by atoms with van der Waals surface area (Å²) in [5.41, 5.74) is 0. The van der Waals surface area contributed by atoms with Crippen molar-refractivity contribution >= 4 is 5.91 Å². The van der Waals surface area contributed by atoms with Gasteiger partial charge in [-0.1, -0.05) is 26.7 Å². The molecule has 0 radical (unpaired) electrons. The smallest absolute Gasteiger partial charge is 0.223 e. The number of hydrogen-bond acceptors (Lipinski definition) is 3. The zero-order valence-electron chi connectivity index (χ0n) is 14.2. The maximum atomic E-state index is 12.2. The number of carbonyl (C=O) groups is 1. The molecule has 1 fully saturated rings. The minimum atomic E-state index is 0.224. The molecule has 0 aromatic heterocycles. The molecule has 0 unspecified atom stereocenters. The van der Waals surface area contributed by atoms with E-state index in [1.54, 1.807) is 7.11 Å².